The van der Waals surface area contributed by atoms with Gasteiger partial charge in [-0.15, -0.1) is 0 Å². The predicted octanol–water partition coefficient (Wildman–Crippen LogP) is 4.24. The Hall–Kier alpha value is -0.880. The summed E-state index contributed by atoms with van der Waals surface area (Å²) in [7, 11) is 0. The fourth-order valence-corrected chi connectivity index (χ4v) is 3.93. The molecule has 1 aliphatic rings. The summed E-state index contributed by atoms with van der Waals surface area (Å²) in [5.41, 5.74) is 8.68. The van der Waals surface area contributed by atoms with Crippen molar-refractivity contribution in [2.24, 2.45) is 5.73 Å². The van der Waals surface area contributed by atoms with E-state index >= 15 is 0 Å². The first-order valence-electron chi connectivity index (χ1n) is 7.78. The normalized spacial score (nSPS) is 17.8. The van der Waals surface area contributed by atoms with Crippen LogP contribution >= 0.6 is 22.6 Å². The van der Waals surface area contributed by atoms with E-state index in [1.54, 1.807) is 0 Å². The Morgan fingerprint density at radius 1 is 1.19 bits per heavy atom. The summed E-state index contributed by atoms with van der Waals surface area (Å²) in [6.45, 7) is 0. The summed E-state index contributed by atoms with van der Waals surface area (Å²) in [5, 5.41) is 4.76. The van der Waals surface area contributed by atoms with E-state index in [1.165, 1.54) is 41.2 Å². The summed E-state index contributed by atoms with van der Waals surface area (Å²) in [6, 6.07) is 11.1. The molecule has 112 valence electrons. The van der Waals surface area contributed by atoms with Crippen molar-refractivity contribution in [2.45, 2.75) is 50.6 Å². The van der Waals surface area contributed by atoms with Crippen molar-refractivity contribution in [3.05, 3.63) is 51.4 Å². The number of aromatic nitrogens is 2. The van der Waals surface area contributed by atoms with Gasteiger partial charge < -0.3 is 5.73 Å². The van der Waals surface area contributed by atoms with Gasteiger partial charge in [0.2, 0.25) is 0 Å². The molecule has 0 saturated heterocycles. The number of hydrogen-bond acceptors (Lipinski definition) is 2. The molecule has 4 heteroatoms. The van der Waals surface area contributed by atoms with Gasteiger partial charge in [-0.25, -0.2) is 0 Å². The molecule has 0 aliphatic heterocycles. The first-order chi connectivity index (χ1) is 10.2. The van der Waals surface area contributed by atoms with Crippen LogP contribution in [0.5, 0.6) is 0 Å². The Morgan fingerprint density at radius 3 is 2.71 bits per heavy atom. The lowest BCUT2D eigenvalue weighted by atomic mass is 9.96. The van der Waals surface area contributed by atoms with Gasteiger partial charge in [-0.3, -0.25) is 4.68 Å². The zero-order valence-electron chi connectivity index (χ0n) is 12.2. The van der Waals surface area contributed by atoms with Gasteiger partial charge in [0.15, 0.2) is 0 Å². The van der Waals surface area contributed by atoms with Crippen LogP contribution in [0.2, 0.25) is 0 Å². The quantitative estimate of drug-likeness (QED) is 0.788. The molecule has 1 unspecified atom stereocenters. The first kappa shape index (κ1) is 15.0. The number of halogens is 1. The van der Waals surface area contributed by atoms with E-state index in [0.29, 0.717) is 6.04 Å². The maximum absolute atomic E-state index is 6.36. The van der Waals surface area contributed by atoms with E-state index in [2.05, 4.69) is 63.8 Å². The van der Waals surface area contributed by atoms with Crippen LogP contribution in [0.15, 0.2) is 36.5 Å². The van der Waals surface area contributed by atoms with Gasteiger partial charge in [-0.2, -0.15) is 5.10 Å². The van der Waals surface area contributed by atoms with Gasteiger partial charge in [0.05, 0.1) is 11.7 Å². The third-order valence-electron chi connectivity index (χ3n) is 4.35. The first-order valence-corrected chi connectivity index (χ1v) is 8.86. The van der Waals surface area contributed by atoms with Crippen molar-refractivity contribution in [3.63, 3.8) is 0 Å². The topological polar surface area (TPSA) is 43.8 Å². The van der Waals surface area contributed by atoms with Crippen LogP contribution in [-0.2, 0) is 6.42 Å². The van der Waals surface area contributed by atoms with Gasteiger partial charge >= 0.3 is 0 Å². The third kappa shape index (κ3) is 3.66. The lowest BCUT2D eigenvalue weighted by Gasteiger charge is -2.21. The molecule has 2 aromatic rings. The molecule has 0 amide bonds. The highest BCUT2D eigenvalue weighted by molar-refractivity contribution is 14.1. The van der Waals surface area contributed by atoms with Crippen LogP contribution in [-0.4, -0.2) is 9.78 Å². The average Bonchev–Trinajstić information content (AvgIpc) is 2.97. The van der Waals surface area contributed by atoms with Crippen molar-refractivity contribution < 1.29 is 0 Å². The Bertz CT molecular complexity index is 587. The lowest BCUT2D eigenvalue weighted by Crippen LogP contribution is -2.16. The molecular weight excluding hydrogens is 373 g/mol. The largest absolute Gasteiger partial charge is 0.324 e. The monoisotopic (exact) mass is 395 g/mol. The van der Waals surface area contributed by atoms with Crippen molar-refractivity contribution in [1.29, 1.82) is 0 Å². The summed E-state index contributed by atoms with van der Waals surface area (Å²) in [4.78, 5) is 0. The van der Waals surface area contributed by atoms with Gasteiger partial charge in [-0.05, 0) is 53.1 Å². The summed E-state index contributed by atoms with van der Waals surface area (Å²) in [6.07, 6.45) is 9.52. The van der Waals surface area contributed by atoms with E-state index in [-0.39, 0.29) is 6.04 Å². The Labute approximate surface area is 140 Å². The van der Waals surface area contributed by atoms with Crippen molar-refractivity contribution >= 4 is 22.6 Å². The van der Waals surface area contributed by atoms with E-state index in [9.17, 15) is 0 Å². The Balaban J connectivity index is 1.68. The summed E-state index contributed by atoms with van der Waals surface area (Å²) in [5.74, 6) is 0. The predicted molar refractivity (Wildman–Crippen MR) is 94.1 cm³/mol. The second kappa shape index (κ2) is 6.92. The van der Waals surface area contributed by atoms with E-state index in [4.69, 9.17) is 10.8 Å². The molecule has 1 aliphatic carbocycles. The molecule has 1 atom stereocenters. The number of benzene rings is 1. The van der Waals surface area contributed by atoms with Crippen LogP contribution in [0.4, 0.5) is 0 Å². The zero-order valence-corrected chi connectivity index (χ0v) is 14.4. The van der Waals surface area contributed by atoms with Crippen LogP contribution < -0.4 is 5.73 Å². The number of rotatable bonds is 4. The van der Waals surface area contributed by atoms with Crippen LogP contribution in [0.25, 0.3) is 0 Å². The fourth-order valence-electron chi connectivity index (χ4n) is 3.15. The molecule has 1 aromatic heterocycles. The van der Waals surface area contributed by atoms with Gasteiger partial charge in [0.1, 0.15) is 0 Å². The smallest absolute Gasteiger partial charge is 0.0643 e. The number of nitrogens with two attached hydrogens (primary N) is 1. The van der Waals surface area contributed by atoms with Crippen molar-refractivity contribution in [1.82, 2.24) is 9.78 Å². The summed E-state index contributed by atoms with van der Waals surface area (Å²) >= 11 is 2.35. The molecule has 1 aromatic carbocycles. The molecule has 0 radical (unpaired) electrons. The van der Waals surface area contributed by atoms with E-state index in [0.717, 1.165) is 12.1 Å². The molecule has 0 spiro atoms. The highest BCUT2D eigenvalue weighted by Gasteiger charge is 2.17. The minimum Gasteiger partial charge on any atom is -0.324 e. The lowest BCUT2D eigenvalue weighted by molar-refractivity contribution is 0.328. The molecular formula is C17H22IN3. The maximum Gasteiger partial charge on any atom is 0.0643 e. The molecule has 1 fully saturated rings. The maximum atomic E-state index is 6.36. The molecule has 1 heterocycles. The minimum absolute atomic E-state index is 0.0211. The van der Waals surface area contributed by atoms with Crippen LogP contribution in [0, 0.1) is 3.57 Å². The molecule has 3 rings (SSSR count). The zero-order chi connectivity index (χ0) is 14.7. The average molecular weight is 395 g/mol. The van der Waals surface area contributed by atoms with Crippen molar-refractivity contribution in [2.75, 3.05) is 0 Å². The second-order valence-electron chi connectivity index (χ2n) is 5.91. The van der Waals surface area contributed by atoms with Crippen molar-refractivity contribution in [3.8, 4) is 0 Å². The Morgan fingerprint density at radius 2 is 1.95 bits per heavy atom. The van der Waals surface area contributed by atoms with E-state index < -0.39 is 0 Å². The van der Waals surface area contributed by atoms with Gasteiger partial charge in [0.25, 0.3) is 0 Å². The molecule has 21 heavy (non-hydrogen) atoms. The van der Waals surface area contributed by atoms with E-state index in [1.807, 2.05) is 0 Å². The molecule has 1 saturated carbocycles. The summed E-state index contributed by atoms with van der Waals surface area (Å²) < 4.78 is 3.39. The molecule has 3 nitrogen and oxygen atoms in total. The number of hydrogen-bond donors (Lipinski definition) is 1. The SMILES string of the molecule is NC(Cc1ccn(C2CCCCC2)n1)c1ccccc1I. The fraction of sp³-hybridized carbons (Fsp3) is 0.471. The standard InChI is InChI=1S/C17H22IN3/c18-16-9-5-4-8-15(16)17(19)12-13-10-11-21(20-13)14-6-2-1-3-7-14/h4-5,8-11,14,17H,1-3,6-7,12,19H2. The van der Waals surface area contributed by atoms with Gasteiger partial charge in [-0.1, -0.05) is 37.5 Å². The molecule has 0 bridgehead atoms. The van der Waals surface area contributed by atoms with Crippen LogP contribution in [0.3, 0.4) is 0 Å². The molecule has 2 N–H and O–H groups in total. The highest BCUT2D eigenvalue weighted by atomic mass is 127. The van der Waals surface area contributed by atoms with Crippen LogP contribution in [0.1, 0.15) is 55.4 Å². The highest BCUT2D eigenvalue weighted by Crippen LogP contribution is 2.28. The number of nitrogens with zero attached hydrogens (tertiary/aromatic N) is 2. The van der Waals surface area contributed by atoms with Gasteiger partial charge in [0, 0.05) is 22.2 Å². The minimum atomic E-state index is 0.0211. The Kier molecular flexibility index (Phi) is 4.95. The second-order valence-corrected chi connectivity index (χ2v) is 7.07. The third-order valence-corrected chi connectivity index (χ3v) is 5.33.